The Labute approximate surface area is 150 Å². The summed E-state index contributed by atoms with van der Waals surface area (Å²) >= 11 is 0. The number of rotatable bonds is 5. The van der Waals surface area contributed by atoms with Crippen LogP contribution in [0.3, 0.4) is 0 Å². The number of carbonyl (C=O) groups is 1. The molecule has 1 aliphatic heterocycles. The molecule has 138 valence electrons. The van der Waals surface area contributed by atoms with Crippen LogP contribution in [0.1, 0.15) is 56.5 Å². The van der Waals surface area contributed by atoms with Gasteiger partial charge in [-0.25, -0.2) is 0 Å². The molecular weight excluding hydrogens is 316 g/mol. The summed E-state index contributed by atoms with van der Waals surface area (Å²) in [6, 6.07) is 4.72. The maximum Gasteiger partial charge on any atom is 0.223 e. The second kappa shape index (κ2) is 7.50. The third-order valence-corrected chi connectivity index (χ3v) is 6.22. The Balaban J connectivity index is 1.20. The van der Waals surface area contributed by atoms with Crippen molar-refractivity contribution in [1.29, 1.82) is 0 Å². The Hall–Kier alpha value is -1.33. The number of hydrogen-bond acceptors (Lipinski definition) is 4. The fourth-order valence-corrected chi connectivity index (χ4v) is 4.37. The number of furan rings is 1. The lowest BCUT2D eigenvalue weighted by atomic mass is 9.84. The monoisotopic (exact) mass is 346 g/mol. The average Bonchev–Trinajstić information content (AvgIpc) is 3.20. The summed E-state index contributed by atoms with van der Waals surface area (Å²) in [5.41, 5.74) is 0. The molecule has 3 fully saturated rings. The molecule has 1 saturated heterocycles. The second-order valence-electron chi connectivity index (χ2n) is 8.00. The first-order chi connectivity index (χ1) is 12.2. The molecule has 1 aromatic rings. The van der Waals surface area contributed by atoms with Crippen molar-refractivity contribution >= 4 is 5.91 Å². The lowest BCUT2D eigenvalue weighted by molar-refractivity contribution is -0.126. The quantitative estimate of drug-likeness (QED) is 0.891. The van der Waals surface area contributed by atoms with E-state index in [0.29, 0.717) is 18.5 Å². The number of amides is 1. The van der Waals surface area contributed by atoms with Crippen molar-refractivity contribution < 1.29 is 13.9 Å². The van der Waals surface area contributed by atoms with Gasteiger partial charge in [-0.1, -0.05) is 6.92 Å². The highest BCUT2D eigenvalue weighted by Gasteiger charge is 2.36. The number of ether oxygens (including phenoxy) is 1. The minimum atomic E-state index is 0.162. The van der Waals surface area contributed by atoms with Gasteiger partial charge in [-0.2, -0.15) is 0 Å². The molecule has 2 heterocycles. The minimum absolute atomic E-state index is 0.162. The molecule has 3 aliphatic rings. The molecule has 5 nitrogen and oxygen atoms in total. The lowest BCUT2D eigenvalue weighted by Crippen LogP contribution is -2.46. The van der Waals surface area contributed by atoms with E-state index >= 15 is 0 Å². The Kier molecular flexibility index (Phi) is 5.13. The Morgan fingerprint density at radius 2 is 1.92 bits per heavy atom. The van der Waals surface area contributed by atoms with Gasteiger partial charge in [-0.3, -0.25) is 9.69 Å². The van der Waals surface area contributed by atoms with Crippen LogP contribution in [0, 0.1) is 11.8 Å². The minimum Gasteiger partial charge on any atom is -0.464 e. The van der Waals surface area contributed by atoms with Crippen LogP contribution >= 0.6 is 0 Å². The van der Waals surface area contributed by atoms with Crippen molar-refractivity contribution in [3.8, 4) is 0 Å². The molecule has 1 N–H and O–H groups in total. The van der Waals surface area contributed by atoms with Crippen molar-refractivity contribution in [2.75, 3.05) is 26.3 Å². The molecule has 5 heteroatoms. The van der Waals surface area contributed by atoms with E-state index < -0.39 is 0 Å². The van der Waals surface area contributed by atoms with Crippen molar-refractivity contribution in [1.82, 2.24) is 10.2 Å². The molecule has 1 aromatic heterocycles. The van der Waals surface area contributed by atoms with E-state index in [-0.39, 0.29) is 11.8 Å². The molecule has 2 saturated carbocycles. The van der Waals surface area contributed by atoms with Crippen LogP contribution < -0.4 is 5.32 Å². The first kappa shape index (κ1) is 17.1. The zero-order valence-electron chi connectivity index (χ0n) is 15.2. The predicted molar refractivity (Wildman–Crippen MR) is 95.2 cm³/mol. The smallest absolute Gasteiger partial charge is 0.223 e. The lowest BCUT2D eigenvalue weighted by Gasteiger charge is -2.38. The van der Waals surface area contributed by atoms with Gasteiger partial charge in [0.15, 0.2) is 0 Å². The molecule has 1 amide bonds. The van der Waals surface area contributed by atoms with E-state index in [1.54, 1.807) is 0 Å². The molecule has 0 spiro atoms. The molecule has 0 aromatic carbocycles. The topological polar surface area (TPSA) is 54.7 Å². The van der Waals surface area contributed by atoms with Crippen LogP contribution in [0.2, 0.25) is 0 Å². The molecule has 2 aliphatic carbocycles. The first-order valence-electron chi connectivity index (χ1n) is 9.89. The van der Waals surface area contributed by atoms with Gasteiger partial charge in [0.2, 0.25) is 5.91 Å². The third kappa shape index (κ3) is 4.09. The second-order valence-corrected chi connectivity index (χ2v) is 8.00. The molecule has 0 bridgehead atoms. The fourth-order valence-electron chi connectivity index (χ4n) is 4.37. The van der Waals surface area contributed by atoms with E-state index in [4.69, 9.17) is 9.15 Å². The van der Waals surface area contributed by atoms with Crippen molar-refractivity contribution in [2.45, 2.75) is 57.5 Å². The van der Waals surface area contributed by atoms with Crippen LogP contribution in [0.5, 0.6) is 0 Å². The van der Waals surface area contributed by atoms with E-state index in [2.05, 4.69) is 23.2 Å². The maximum absolute atomic E-state index is 12.5. The average molecular weight is 346 g/mol. The van der Waals surface area contributed by atoms with Crippen LogP contribution in [0.25, 0.3) is 0 Å². The predicted octanol–water partition coefficient (Wildman–Crippen LogP) is 2.91. The highest BCUT2D eigenvalue weighted by atomic mass is 16.5. The van der Waals surface area contributed by atoms with Gasteiger partial charge in [0, 0.05) is 31.0 Å². The molecule has 0 radical (unpaired) electrons. The summed E-state index contributed by atoms with van der Waals surface area (Å²) in [6.45, 7) is 6.56. The zero-order valence-corrected chi connectivity index (χ0v) is 15.2. The maximum atomic E-state index is 12.5. The SMILES string of the molecule is CC1CC1c1ccc(CNC(=O)C2CCC(N3CCOCC3)CC2)o1. The van der Waals surface area contributed by atoms with Gasteiger partial charge in [0.25, 0.3) is 0 Å². The molecule has 4 rings (SSSR count). The standard InChI is InChI=1S/C20H30N2O3/c1-14-12-18(14)19-7-6-17(25-19)13-21-20(23)15-2-4-16(5-3-15)22-8-10-24-11-9-22/h6-7,14-16,18H,2-5,8-13H2,1H3,(H,21,23). The highest BCUT2D eigenvalue weighted by Crippen LogP contribution is 2.47. The summed E-state index contributed by atoms with van der Waals surface area (Å²) in [6.07, 6.45) is 5.48. The van der Waals surface area contributed by atoms with Gasteiger partial charge in [0.05, 0.1) is 19.8 Å². The molecule has 2 atom stereocenters. The van der Waals surface area contributed by atoms with Crippen LogP contribution in [0.4, 0.5) is 0 Å². The normalized spacial score (nSPS) is 33.2. The summed E-state index contributed by atoms with van der Waals surface area (Å²) < 4.78 is 11.3. The van der Waals surface area contributed by atoms with Crippen molar-refractivity contribution in [3.05, 3.63) is 23.7 Å². The van der Waals surface area contributed by atoms with Gasteiger partial charge in [-0.15, -0.1) is 0 Å². The molecule has 25 heavy (non-hydrogen) atoms. The van der Waals surface area contributed by atoms with E-state index in [0.717, 1.165) is 69.4 Å². The van der Waals surface area contributed by atoms with Gasteiger partial charge >= 0.3 is 0 Å². The van der Waals surface area contributed by atoms with Crippen molar-refractivity contribution in [2.24, 2.45) is 11.8 Å². The Morgan fingerprint density at radius 3 is 2.60 bits per heavy atom. The van der Waals surface area contributed by atoms with Crippen LogP contribution in [0.15, 0.2) is 16.5 Å². The Bertz CT molecular complexity index is 586. The van der Waals surface area contributed by atoms with Crippen LogP contribution in [-0.2, 0) is 16.1 Å². The number of hydrogen-bond donors (Lipinski definition) is 1. The van der Waals surface area contributed by atoms with Crippen molar-refractivity contribution in [3.63, 3.8) is 0 Å². The number of nitrogens with zero attached hydrogens (tertiary/aromatic N) is 1. The molecular formula is C20H30N2O3. The zero-order chi connectivity index (χ0) is 17.2. The van der Waals surface area contributed by atoms with Gasteiger partial charge in [-0.05, 0) is 50.2 Å². The van der Waals surface area contributed by atoms with Crippen LogP contribution in [-0.4, -0.2) is 43.2 Å². The summed E-state index contributed by atoms with van der Waals surface area (Å²) in [4.78, 5) is 15.0. The number of carbonyl (C=O) groups excluding carboxylic acids is 1. The summed E-state index contributed by atoms with van der Waals surface area (Å²) in [5.74, 6) is 3.66. The fraction of sp³-hybridized carbons (Fsp3) is 0.750. The van der Waals surface area contributed by atoms with Gasteiger partial charge in [0.1, 0.15) is 11.5 Å². The molecule has 2 unspecified atom stereocenters. The number of nitrogens with one attached hydrogen (secondary N) is 1. The summed E-state index contributed by atoms with van der Waals surface area (Å²) in [5, 5.41) is 3.08. The highest BCUT2D eigenvalue weighted by molar-refractivity contribution is 5.78. The first-order valence-corrected chi connectivity index (χ1v) is 9.89. The third-order valence-electron chi connectivity index (χ3n) is 6.22. The number of morpholine rings is 1. The largest absolute Gasteiger partial charge is 0.464 e. The van der Waals surface area contributed by atoms with Gasteiger partial charge < -0.3 is 14.5 Å². The van der Waals surface area contributed by atoms with E-state index in [9.17, 15) is 4.79 Å². The Morgan fingerprint density at radius 1 is 1.20 bits per heavy atom. The van der Waals surface area contributed by atoms with E-state index in [1.165, 1.54) is 6.42 Å². The van der Waals surface area contributed by atoms with E-state index in [1.807, 2.05) is 6.07 Å². The summed E-state index contributed by atoms with van der Waals surface area (Å²) in [7, 11) is 0.